The van der Waals surface area contributed by atoms with Crippen LogP contribution in [0.1, 0.15) is 134 Å². The predicted molar refractivity (Wildman–Crippen MR) is 169 cm³/mol. The summed E-state index contributed by atoms with van der Waals surface area (Å²) in [6, 6.07) is 4.13. The quantitative estimate of drug-likeness (QED) is 0.157. The Kier molecular flexibility index (Phi) is 11.5. The molecule has 2 saturated carbocycles. The molecule has 4 nitrogen and oxygen atoms in total. The topological polar surface area (TPSA) is 60.8 Å². The summed E-state index contributed by atoms with van der Waals surface area (Å²) in [5, 5.41) is 21.4. The van der Waals surface area contributed by atoms with Crippen LogP contribution in [0.5, 0.6) is 5.75 Å². The van der Waals surface area contributed by atoms with E-state index in [1.807, 2.05) is 18.0 Å². The fourth-order valence-corrected chi connectivity index (χ4v) is 9.22. The van der Waals surface area contributed by atoms with Crippen LogP contribution < -0.4 is 0 Å². The van der Waals surface area contributed by atoms with Gasteiger partial charge < -0.3 is 15.1 Å². The highest BCUT2D eigenvalue weighted by Gasteiger charge is 2.56. The zero-order valence-electron chi connectivity index (χ0n) is 24.9. The number of unbranched alkanes of at least 4 members (excludes halogenated alkanes) is 8. The summed E-state index contributed by atoms with van der Waals surface area (Å²) in [5.74, 6) is 3.32. The summed E-state index contributed by atoms with van der Waals surface area (Å²) in [4.78, 5) is 14.1. The van der Waals surface area contributed by atoms with Gasteiger partial charge in [-0.1, -0.05) is 71.3 Å². The van der Waals surface area contributed by atoms with Gasteiger partial charge in [0.25, 0.3) is 0 Å². The molecule has 39 heavy (non-hydrogen) atoms. The lowest BCUT2D eigenvalue weighted by Crippen LogP contribution is -2.47. The molecule has 4 rings (SSSR count). The molecule has 3 unspecified atom stereocenters. The number of hydrogen-bond donors (Lipinski definition) is 2. The molecule has 0 heterocycles. The number of aliphatic hydroxyl groups excluding tert-OH is 1. The van der Waals surface area contributed by atoms with Crippen molar-refractivity contribution in [2.45, 2.75) is 135 Å². The molecule has 0 bridgehead atoms. The summed E-state index contributed by atoms with van der Waals surface area (Å²) in [6.07, 6.45) is 19.6. The third kappa shape index (κ3) is 7.16. The van der Waals surface area contributed by atoms with Crippen LogP contribution in [0.2, 0.25) is 0 Å². The number of aromatic hydroxyl groups is 1. The Morgan fingerprint density at radius 3 is 2.44 bits per heavy atom. The van der Waals surface area contributed by atoms with Crippen LogP contribution in [-0.4, -0.2) is 40.7 Å². The predicted octanol–water partition coefficient (Wildman–Crippen LogP) is 8.60. The number of rotatable bonds is 14. The van der Waals surface area contributed by atoms with E-state index in [1.165, 1.54) is 75.3 Å². The molecule has 1 amide bonds. The van der Waals surface area contributed by atoms with Crippen molar-refractivity contribution < 1.29 is 15.0 Å². The Balaban J connectivity index is 1.22. The second-order valence-corrected chi connectivity index (χ2v) is 14.5. The first-order valence-corrected chi connectivity index (χ1v) is 17.3. The first kappa shape index (κ1) is 31.1. The van der Waals surface area contributed by atoms with Gasteiger partial charge in [-0.3, -0.25) is 4.79 Å². The maximum Gasteiger partial charge on any atom is 0.222 e. The van der Waals surface area contributed by atoms with Gasteiger partial charge in [-0.15, -0.1) is 0 Å². The molecular weight excluding hydrogens is 597 g/mol. The summed E-state index contributed by atoms with van der Waals surface area (Å²) in [7, 11) is 1.94. The number of aliphatic hydroxyl groups is 1. The van der Waals surface area contributed by atoms with E-state index < -0.39 is 0 Å². The number of amides is 1. The molecule has 6 atom stereocenters. The van der Waals surface area contributed by atoms with E-state index in [2.05, 4.69) is 42.5 Å². The zero-order chi connectivity index (χ0) is 28.0. The van der Waals surface area contributed by atoms with Crippen LogP contribution in [0.3, 0.4) is 0 Å². The highest BCUT2D eigenvalue weighted by molar-refractivity contribution is 14.1. The molecule has 2 N–H and O–H groups in total. The molecule has 220 valence electrons. The lowest BCUT2D eigenvalue weighted by Gasteiger charge is -2.53. The van der Waals surface area contributed by atoms with Crippen molar-refractivity contribution in [1.82, 2.24) is 4.90 Å². The fraction of sp³-hybridized carbons (Fsp3) is 0.794. The number of nitrogens with zero attached hydrogens (tertiary/aromatic N) is 1. The van der Waals surface area contributed by atoms with Crippen LogP contribution in [-0.2, 0) is 11.2 Å². The number of carbonyl (C=O) groups is 1. The highest BCUT2D eigenvalue weighted by atomic mass is 127. The van der Waals surface area contributed by atoms with Crippen molar-refractivity contribution in [1.29, 1.82) is 0 Å². The number of phenols is 1. The van der Waals surface area contributed by atoms with Gasteiger partial charge in [-0.05, 0) is 120 Å². The molecule has 2 fully saturated rings. The van der Waals surface area contributed by atoms with Gasteiger partial charge in [0, 0.05) is 20.0 Å². The maximum atomic E-state index is 12.2. The SMILES string of the molecule is CCCCN(C)C(=O)CCCCCCCCCC[C@@H]1Cc2c(ccc(O)c2I)C2CC[C@@]3(C)C(CC[C@@H]3O)C21. The summed E-state index contributed by atoms with van der Waals surface area (Å²) in [5.41, 5.74) is 3.01. The van der Waals surface area contributed by atoms with Gasteiger partial charge >= 0.3 is 0 Å². The molecular formula is C34H54INO3. The molecule has 3 aliphatic carbocycles. The number of hydrogen-bond acceptors (Lipinski definition) is 3. The largest absolute Gasteiger partial charge is 0.507 e. The van der Waals surface area contributed by atoms with Crippen LogP contribution in [0.25, 0.3) is 0 Å². The Labute approximate surface area is 251 Å². The fourth-order valence-electron chi connectivity index (χ4n) is 8.51. The van der Waals surface area contributed by atoms with E-state index >= 15 is 0 Å². The Morgan fingerprint density at radius 1 is 1.03 bits per heavy atom. The molecule has 1 aromatic carbocycles. The lowest BCUT2D eigenvalue weighted by molar-refractivity contribution is -0.130. The first-order chi connectivity index (χ1) is 18.8. The van der Waals surface area contributed by atoms with E-state index in [1.54, 1.807) is 0 Å². The molecule has 0 aromatic heterocycles. The number of carbonyl (C=O) groups excluding carboxylic acids is 1. The van der Waals surface area contributed by atoms with Crippen molar-refractivity contribution in [3.05, 3.63) is 26.8 Å². The number of halogens is 1. The molecule has 0 radical (unpaired) electrons. The molecule has 0 saturated heterocycles. The van der Waals surface area contributed by atoms with Crippen LogP contribution in [0.15, 0.2) is 12.1 Å². The second-order valence-electron chi connectivity index (χ2n) is 13.4. The van der Waals surface area contributed by atoms with E-state index in [0.717, 1.165) is 48.6 Å². The smallest absolute Gasteiger partial charge is 0.222 e. The van der Waals surface area contributed by atoms with Gasteiger partial charge in [-0.2, -0.15) is 0 Å². The summed E-state index contributed by atoms with van der Waals surface area (Å²) >= 11 is 2.37. The normalized spacial score (nSPS) is 29.5. The van der Waals surface area contributed by atoms with Gasteiger partial charge in [0.05, 0.1) is 9.67 Å². The van der Waals surface area contributed by atoms with Crippen molar-refractivity contribution in [2.75, 3.05) is 13.6 Å². The third-order valence-corrected chi connectivity index (χ3v) is 12.1. The zero-order valence-corrected chi connectivity index (χ0v) is 27.1. The molecule has 3 aliphatic rings. The monoisotopic (exact) mass is 651 g/mol. The molecule has 0 spiro atoms. The average molecular weight is 652 g/mol. The number of fused-ring (bicyclic) bond motifs is 5. The van der Waals surface area contributed by atoms with E-state index in [-0.39, 0.29) is 11.5 Å². The summed E-state index contributed by atoms with van der Waals surface area (Å²) < 4.78 is 1.07. The second kappa shape index (κ2) is 14.4. The molecule has 5 heteroatoms. The van der Waals surface area contributed by atoms with E-state index in [9.17, 15) is 15.0 Å². The van der Waals surface area contributed by atoms with Crippen LogP contribution >= 0.6 is 22.6 Å². The summed E-state index contributed by atoms with van der Waals surface area (Å²) in [6.45, 7) is 5.44. The van der Waals surface area contributed by atoms with Gasteiger partial charge in [0.1, 0.15) is 5.75 Å². The minimum atomic E-state index is -0.134. The van der Waals surface area contributed by atoms with Crippen molar-refractivity contribution >= 4 is 28.5 Å². The van der Waals surface area contributed by atoms with Crippen molar-refractivity contribution in [2.24, 2.45) is 23.2 Å². The minimum Gasteiger partial charge on any atom is -0.507 e. The van der Waals surface area contributed by atoms with Gasteiger partial charge in [0.2, 0.25) is 5.91 Å². The molecule has 0 aliphatic heterocycles. The third-order valence-electron chi connectivity index (χ3n) is 10.9. The Hall–Kier alpha value is -0.820. The van der Waals surface area contributed by atoms with E-state index in [0.29, 0.717) is 41.7 Å². The van der Waals surface area contributed by atoms with Gasteiger partial charge in [-0.25, -0.2) is 0 Å². The van der Waals surface area contributed by atoms with Gasteiger partial charge in [0.15, 0.2) is 0 Å². The van der Waals surface area contributed by atoms with E-state index in [4.69, 9.17) is 0 Å². The average Bonchev–Trinajstić information content (AvgIpc) is 3.24. The molecule has 1 aromatic rings. The Morgan fingerprint density at radius 2 is 1.72 bits per heavy atom. The Bertz CT molecular complexity index is 951. The van der Waals surface area contributed by atoms with Crippen molar-refractivity contribution in [3.63, 3.8) is 0 Å². The highest BCUT2D eigenvalue weighted by Crippen LogP contribution is 2.63. The number of phenolic OH excluding ortho intramolecular Hbond substituents is 1. The lowest BCUT2D eigenvalue weighted by atomic mass is 9.52. The number of benzene rings is 1. The van der Waals surface area contributed by atoms with Crippen LogP contribution in [0.4, 0.5) is 0 Å². The maximum absolute atomic E-state index is 12.2. The first-order valence-electron chi connectivity index (χ1n) is 16.2. The minimum absolute atomic E-state index is 0.0938. The standard InChI is InChI=1S/C34H54INO3/c1-4-5-22-36(3)31(39)15-13-11-9-7-6-8-10-12-14-24-23-27-25(16-18-29(37)33(27)35)26-20-21-34(2)28(32(24)26)17-19-30(34)38/h16,18,24,26,28,30,32,37-38H,4-15,17,19-23H2,1-3H3/t24-,26?,28?,30+,32?,34+/m1/s1. The van der Waals surface area contributed by atoms with Crippen molar-refractivity contribution in [3.8, 4) is 5.75 Å². The van der Waals surface area contributed by atoms with Crippen LogP contribution in [0, 0.1) is 26.7 Å².